The monoisotopic (exact) mass is 436 g/mol. The highest BCUT2D eigenvalue weighted by atomic mass is 16.5. The number of nitrogens with zero attached hydrogens (tertiary/aromatic N) is 1. The number of hydrogen-bond donors (Lipinski definition) is 2. The summed E-state index contributed by atoms with van der Waals surface area (Å²) in [6.07, 6.45) is 3.86. The van der Waals surface area contributed by atoms with E-state index in [1.807, 2.05) is 59.5 Å². The van der Waals surface area contributed by atoms with E-state index in [1.54, 1.807) is 7.11 Å². The normalized spacial score (nSPS) is 20.6. The number of fused-ring (bicyclic) bond motifs is 1. The number of nitrogens with one attached hydrogen (secondary N) is 1. The van der Waals surface area contributed by atoms with Crippen molar-refractivity contribution in [1.82, 2.24) is 10.2 Å². The van der Waals surface area contributed by atoms with Crippen LogP contribution in [-0.2, 0) is 9.53 Å². The van der Waals surface area contributed by atoms with Crippen LogP contribution in [0, 0.1) is 0 Å². The van der Waals surface area contributed by atoms with Crippen molar-refractivity contribution in [2.24, 2.45) is 0 Å². The molecular weight excluding hydrogens is 404 g/mol. The Morgan fingerprint density at radius 1 is 1.12 bits per heavy atom. The standard InChI is InChI=1S/C26H32N2O4/c1-32-17-16-28-25(31)21-13-7-6-12-20(21)23(26(28)14-8-3-9-15-26)24(30)27-18-22(29)19-10-4-2-5-11-19/h2,4-7,10-13,22-23,29H,3,8-9,14-18H2,1H3,(H,27,30)/t22-,23-/m0/s1. The quantitative estimate of drug-likeness (QED) is 0.697. The lowest BCUT2D eigenvalue weighted by Gasteiger charge is -2.53. The fraction of sp³-hybridized carbons (Fsp3) is 0.462. The lowest BCUT2D eigenvalue weighted by atomic mass is 9.65. The number of rotatable bonds is 7. The SMILES string of the molecule is COCCN1C(=O)c2ccccc2[C@@H](C(=O)NC[C@H](O)c2ccccc2)C12CCCCC2. The van der Waals surface area contributed by atoms with Crippen LogP contribution in [0.15, 0.2) is 54.6 Å². The van der Waals surface area contributed by atoms with Gasteiger partial charge in [-0.05, 0) is 30.0 Å². The molecule has 1 aliphatic carbocycles. The van der Waals surface area contributed by atoms with Gasteiger partial charge in [0.1, 0.15) is 0 Å². The van der Waals surface area contributed by atoms with Crippen molar-refractivity contribution >= 4 is 11.8 Å². The Labute approximate surface area is 189 Å². The molecule has 0 bridgehead atoms. The van der Waals surface area contributed by atoms with E-state index in [1.165, 1.54) is 0 Å². The first-order valence-corrected chi connectivity index (χ1v) is 11.5. The first kappa shape index (κ1) is 22.5. The maximum atomic E-state index is 13.7. The summed E-state index contributed by atoms with van der Waals surface area (Å²) in [7, 11) is 1.63. The van der Waals surface area contributed by atoms with E-state index in [0.29, 0.717) is 18.7 Å². The molecule has 0 radical (unpaired) electrons. The second-order valence-electron chi connectivity index (χ2n) is 8.81. The molecule has 0 saturated heterocycles. The molecular formula is C26H32N2O4. The Morgan fingerprint density at radius 3 is 2.53 bits per heavy atom. The van der Waals surface area contributed by atoms with E-state index in [-0.39, 0.29) is 18.4 Å². The Morgan fingerprint density at radius 2 is 1.81 bits per heavy atom. The molecule has 1 aliphatic heterocycles. The molecule has 0 unspecified atom stereocenters. The number of carbonyl (C=O) groups is 2. The van der Waals surface area contributed by atoms with Gasteiger partial charge < -0.3 is 20.1 Å². The number of benzene rings is 2. The number of aliphatic hydroxyl groups excluding tert-OH is 1. The molecule has 32 heavy (non-hydrogen) atoms. The van der Waals surface area contributed by atoms with Crippen LogP contribution >= 0.6 is 0 Å². The van der Waals surface area contributed by atoms with E-state index < -0.39 is 17.6 Å². The van der Waals surface area contributed by atoms with Crippen LogP contribution in [0.2, 0.25) is 0 Å². The highest BCUT2D eigenvalue weighted by Crippen LogP contribution is 2.49. The third-order valence-corrected chi connectivity index (χ3v) is 6.98. The number of hydrogen-bond acceptors (Lipinski definition) is 4. The fourth-order valence-corrected chi connectivity index (χ4v) is 5.44. The van der Waals surface area contributed by atoms with Gasteiger partial charge in [-0.2, -0.15) is 0 Å². The molecule has 6 nitrogen and oxygen atoms in total. The summed E-state index contributed by atoms with van der Waals surface area (Å²) in [4.78, 5) is 29.1. The predicted molar refractivity (Wildman–Crippen MR) is 122 cm³/mol. The number of ether oxygens (including phenoxy) is 1. The van der Waals surface area contributed by atoms with Gasteiger partial charge in [-0.25, -0.2) is 0 Å². The fourth-order valence-electron chi connectivity index (χ4n) is 5.44. The minimum Gasteiger partial charge on any atom is -0.387 e. The Hall–Kier alpha value is -2.70. The summed E-state index contributed by atoms with van der Waals surface area (Å²) in [5.74, 6) is -0.631. The second-order valence-corrected chi connectivity index (χ2v) is 8.81. The highest BCUT2D eigenvalue weighted by Gasteiger charge is 2.54. The maximum absolute atomic E-state index is 13.7. The van der Waals surface area contributed by atoms with Crippen molar-refractivity contribution in [3.8, 4) is 0 Å². The number of methoxy groups -OCH3 is 1. The largest absolute Gasteiger partial charge is 0.387 e. The Bertz CT molecular complexity index is 940. The van der Waals surface area contributed by atoms with Crippen LogP contribution in [0.4, 0.5) is 0 Å². The molecule has 6 heteroatoms. The van der Waals surface area contributed by atoms with Gasteiger partial charge in [0.15, 0.2) is 0 Å². The van der Waals surface area contributed by atoms with Crippen LogP contribution < -0.4 is 5.32 Å². The van der Waals surface area contributed by atoms with Crippen molar-refractivity contribution in [2.45, 2.75) is 49.7 Å². The van der Waals surface area contributed by atoms with E-state index in [9.17, 15) is 14.7 Å². The first-order chi connectivity index (χ1) is 15.6. The number of carbonyl (C=O) groups excluding carboxylic acids is 2. The van der Waals surface area contributed by atoms with Gasteiger partial charge in [-0.15, -0.1) is 0 Å². The Kier molecular flexibility index (Phi) is 6.92. The molecule has 170 valence electrons. The smallest absolute Gasteiger partial charge is 0.254 e. The zero-order valence-corrected chi connectivity index (χ0v) is 18.6. The Balaban J connectivity index is 1.67. The zero-order valence-electron chi connectivity index (χ0n) is 18.6. The third kappa shape index (κ3) is 4.17. The molecule has 2 aromatic carbocycles. The van der Waals surface area contributed by atoms with E-state index in [0.717, 1.165) is 43.2 Å². The average Bonchev–Trinajstić information content (AvgIpc) is 2.83. The van der Waals surface area contributed by atoms with Gasteiger partial charge in [0, 0.05) is 25.8 Å². The van der Waals surface area contributed by atoms with Gasteiger partial charge in [0.05, 0.1) is 24.2 Å². The van der Waals surface area contributed by atoms with Gasteiger partial charge in [0.25, 0.3) is 5.91 Å². The molecule has 2 aromatic rings. The van der Waals surface area contributed by atoms with E-state index in [4.69, 9.17) is 4.74 Å². The van der Waals surface area contributed by atoms with Gasteiger partial charge in [-0.1, -0.05) is 67.8 Å². The van der Waals surface area contributed by atoms with Crippen molar-refractivity contribution in [1.29, 1.82) is 0 Å². The maximum Gasteiger partial charge on any atom is 0.254 e. The first-order valence-electron chi connectivity index (χ1n) is 11.5. The van der Waals surface area contributed by atoms with Crippen LogP contribution in [0.3, 0.4) is 0 Å². The van der Waals surface area contributed by atoms with Crippen molar-refractivity contribution in [3.63, 3.8) is 0 Å². The predicted octanol–water partition coefficient (Wildman–Crippen LogP) is 3.43. The van der Waals surface area contributed by atoms with E-state index >= 15 is 0 Å². The molecule has 2 N–H and O–H groups in total. The van der Waals surface area contributed by atoms with Gasteiger partial charge >= 0.3 is 0 Å². The summed E-state index contributed by atoms with van der Waals surface area (Å²) >= 11 is 0. The topological polar surface area (TPSA) is 78.9 Å². The molecule has 1 heterocycles. The average molecular weight is 437 g/mol. The lowest BCUT2D eigenvalue weighted by molar-refractivity contribution is -0.128. The molecule has 4 rings (SSSR count). The molecule has 0 aromatic heterocycles. The van der Waals surface area contributed by atoms with Crippen LogP contribution in [0.1, 0.15) is 65.6 Å². The molecule has 1 saturated carbocycles. The molecule has 2 atom stereocenters. The summed E-state index contributed by atoms with van der Waals surface area (Å²) < 4.78 is 5.31. The summed E-state index contributed by atoms with van der Waals surface area (Å²) in [5, 5.41) is 13.6. The van der Waals surface area contributed by atoms with Crippen molar-refractivity contribution < 1.29 is 19.4 Å². The van der Waals surface area contributed by atoms with E-state index in [2.05, 4.69) is 5.32 Å². The van der Waals surface area contributed by atoms with Crippen molar-refractivity contribution in [2.75, 3.05) is 26.8 Å². The second kappa shape index (κ2) is 9.84. The highest BCUT2D eigenvalue weighted by molar-refractivity contribution is 6.02. The summed E-state index contributed by atoms with van der Waals surface area (Å²) in [6, 6.07) is 16.8. The minimum atomic E-state index is -0.785. The molecule has 1 fully saturated rings. The van der Waals surface area contributed by atoms with Crippen molar-refractivity contribution in [3.05, 3.63) is 71.3 Å². The third-order valence-electron chi connectivity index (χ3n) is 6.98. The zero-order chi connectivity index (χ0) is 22.6. The summed E-state index contributed by atoms with van der Waals surface area (Å²) in [5.41, 5.74) is 1.58. The number of amides is 2. The van der Waals surface area contributed by atoms with Gasteiger partial charge in [0.2, 0.25) is 5.91 Å². The van der Waals surface area contributed by atoms with Crippen LogP contribution in [0.5, 0.6) is 0 Å². The van der Waals surface area contributed by atoms with Crippen LogP contribution in [0.25, 0.3) is 0 Å². The molecule has 2 amide bonds. The molecule has 1 spiro atoms. The minimum absolute atomic E-state index is 0.0204. The lowest BCUT2D eigenvalue weighted by Crippen LogP contribution is -2.63. The number of aliphatic hydroxyl groups is 1. The van der Waals surface area contributed by atoms with Gasteiger partial charge in [-0.3, -0.25) is 9.59 Å². The molecule has 2 aliphatic rings. The van der Waals surface area contributed by atoms with Crippen LogP contribution in [-0.4, -0.2) is 54.2 Å². The summed E-state index contributed by atoms with van der Waals surface area (Å²) in [6.45, 7) is 1.01.